The number of hydrogen-bond acceptors (Lipinski definition) is 3. The zero-order valence-corrected chi connectivity index (χ0v) is 13.0. The number of amides is 1. The van der Waals surface area contributed by atoms with E-state index >= 15 is 0 Å². The van der Waals surface area contributed by atoms with Crippen LogP contribution in [-0.4, -0.2) is 29.4 Å². The molecule has 2 aliphatic rings. The maximum Gasteiger partial charge on any atom is 0.230 e. The highest BCUT2D eigenvalue weighted by molar-refractivity contribution is 7.10. The molecule has 1 amide bonds. The van der Waals surface area contributed by atoms with Gasteiger partial charge in [-0.1, -0.05) is 0 Å². The van der Waals surface area contributed by atoms with E-state index in [0.717, 1.165) is 38.6 Å². The summed E-state index contributed by atoms with van der Waals surface area (Å²) in [5.74, 6) is 0.413. The molecule has 110 valence electrons. The number of nitrogens with two attached hydrogens (primary N) is 1. The summed E-state index contributed by atoms with van der Waals surface area (Å²) in [6.07, 6.45) is 6.67. The maximum atomic E-state index is 13.0. The van der Waals surface area contributed by atoms with E-state index in [2.05, 4.69) is 16.3 Å². The predicted octanol–water partition coefficient (Wildman–Crippen LogP) is 2.90. The lowest BCUT2D eigenvalue weighted by atomic mass is 9.85. The second kappa shape index (κ2) is 5.86. The quantitative estimate of drug-likeness (QED) is 0.911. The van der Waals surface area contributed by atoms with Gasteiger partial charge in [0.15, 0.2) is 0 Å². The predicted molar refractivity (Wildman–Crippen MR) is 83.0 cm³/mol. The molecule has 0 radical (unpaired) electrons. The summed E-state index contributed by atoms with van der Waals surface area (Å²) in [5.41, 5.74) is 7.40. The third-order valence-corrected chi connectivity index (χ3v) is 5.79. The standard InChI is InChI=1S/C16H24N2OS/c1-11(17)14-6-2-3-9-18(14)16(19)13-5-4-7-15-12(13)8-10-20-15/h8,10-11,13-14H,2-7,9,17H2,1H3. The average molecular weight is 292 g/mol. The van der Waals surface area contributed by atoms with Crippen molar-refractivity contribution in [3.63, 3.8) is 0 Å². The molecule has 0 aromatic carbocycles. The number of thiophene rings is 1. The lowest BCUT2D eigenvalue weighted by Crippen LogP contribution is -2.53. The zero-order valence-electron chi connectivity index (χ0n) is 12.2. The number of hydrogen-bond donors (Lipinski definition) is 1. The minimum absolute atomic E-state index is 0.0739. The molecule has 0 saturated carbocycles. The molecular formula is C16H24N2OS. The lowest BCUT2D eigenvalue weighted by molar-refractivity contribution is -0.137. The van der Waals surface area contributed by atoms with E-state index in [1.165, 1.54) is 16.9 Å². The SMILES string of the molecule is CC(N)C1CCCCN1C(=O)C1CCCc2sccc21. The number of aryl methyl sites for hydroxylation is 1. The van der Waals surface area contributed by atoms with Gasteiger partial charge in [0, 0.05) is 23.5 Å². The number of fused-ring (bicyclic) bond motifs is 1. The van der Waals surface area contributed by atoms with Crippen molar-refractivity contribution in [2.45, 2.75) is 63.5 Å². The molecule has 1 aromatic rings. The van der Waals surface area contributed by atoms with Crippen LogP contribution in [0.25, 0.3) is 0 Å². The number of piperidine rings is 1. The molecule has 1 aromatic heterocycles. The average Bonchev–Trinajstić information content (AvgIpc) is 2.94. The van der Waals surface area contributed by atoms with Crippen molar-refractivity contribution in [2.75, 3.05) is 6.54 Å². The second-order valence-electron chi connectivity index (χ2n) is 6.20. The van der Waals surface area contributed by atoms with Crippen LogP contribution in [0.1, 0.15) is 55.4 Å². The first-order valence-electron chi connectivity index (χ1n) is 7.81. The van der Waals surface area contributed by atoms with E-state index in [1.807, 2.05) is 6.92 Å². The molecule has 3 atom stereocenters. The topological polar surface area (TPSA) is 46.3 Å². The first-order chi connectivity index (χ1) is 9.68. The fourth-order valence-corrected chi connectivity index (χ4v) is 4.71. The van der Waals surface area contributed by atoms with Crippen molar-refractivity contribution in [1.82, 2.24) is 4.90 Å². The number of likely N-dealkylation sites (tertiary alicyclic amines) is 1. The Morgan fingerprint density at radius 2 is 2.25 bits per heavy atom. The summed E-state index contributed by atoms with van der Waals surface area (Å²) >= 11 is 1.80. The van der Waals surface area contributed by atoms with Gasteiger partial charge < -0.3 is 10.6 Å². The van der Waals surface area contributed by atoms with Crippen molar-refractivity contribution in [1.29, 1.82) is 0 Å². The Bertz CT molecular complexity index is 483. The smallest absolute Gasteiger partial charge is 0.230 e. The maximum absolute atomic E-state index is 13.0. The van der Waals surface area contributed by atoms with Crippen molar-refractivity contribution in [3.8, 4) is 0 Å². The highest BCUT2D eigenvalue weighted by Gasteiger charge is 2.35. The first-order valence-corrected chi connectivity index (χ1v) is 8.69. The van der Waals surface area contributed by atoms with Crippen LogP contribution >= 0.6 is 11.3 Å². The molecule has 2 N–H and O–H groups in total. The van der Waals surface area contributed by atoms with Crippen LogP contribution in [-0.2, 0) is 11.2 Å². The van der Waals surface area contributed by atoms with Gasteiger partial charge in [-0.15, -0.1) is 11.3 Å². The summed E-state index contributed by atoms with van der Waals surface area (Å²) in [7, 11) is 0. The monoisotopic (exact) mass is 292 g/mol. The van der Waals surface area contributed by atoms with Gasteiger partial charge in [0.25, 0.3) is 0 Å². The van der Waals surface area contributed by atoms with Crippen LogP contribution in [0.3, 0.4) is 0 Å². The summed E-state index contributed by atoms with van der Waals surface area (Å²) in [6, 6.07) is 2.47. The fraction of sp³-hybridized carbons (Fsp3) is 0.688. The van der Waals surface area contributed by atoms with Gasteiger partial charge in [-0.05, 0) is 62.5 Å². The van der Waals surface area contributed by atoms with Crippen molar-refractivity contribution in [2.24, 2.45) is 5.73 Å². The molecule has 0 bridgehead atoms. The molecule has 3 unspecified atom stereocenters. The van der Waals surface area contributed by atoms with Gasteiger partial charge in [-0.25, -0.2) is 0 Å². The molecule has 20 heavy (non-hydrogen) atoms. The Labute approximate surface area is 125 Å². The third-order valence-electron chi connectivity index (χ3n) is 4.79. The van der Waals surface area contributed by atoms with Gasteiger partial charge >= 0.3 is 0 Å². The van der Waals surface area contributed by atoms with Crippen molar-refractivity contribution < 1.29 is 4.79 Å². The highest BCUT2D eigenvalue weighted by Crippen LogP contribution is 2.37. The van der Waals surface area contributed by atoms with E-state index in [0.29, 0.717) is 5.91 Å². The number of carbonyl (C=O) groups excluding carboxylic acids is 1. The summed E-state index contributed by atoms with van der Waals surface area (Å²) in [4.78, 5) is 16.5. The van der Waals surface area contributed by atoms with Crippen LogP contribution in [0, 0.1) is 0 Å². The zero-order chi connectivity index (χ0) is 14.1. The van der Waals surface area contributed by atoms with E-state index in [1.54, 1.807) is 11.3 Å². The van der Waals surface area contributed by atoms with Crippen LogP contribution in [0.15, 0.2) is 11.4 Å². The van der Waals surface area contributed by atoms with Gasteiger partial charge in [0.05, 0.1) is 5.92 Å². The Balaban J connectivity index is 1.82. The van der Waals surface area contributed by atoms with Crippen LogP contribution in [0.5, 0.6) is 0 Å². The minimum Gasteiger partial charge on any atom is -0.338 e. The molecular weight excluding hydrogens is 268 g/mol. The highest BCUT2D eigenvalue weighted by atomic mass is 32.1. The van der Waals surface area contributed by atoms with Crippen LogP contribution in [0.4, 0.5) is 0 Å². The lowest BCUT2D eigenvalue weighted by Gasteiger charge is -2.40. The normalized spacial score (nSPS) is 28.0. The minimum atomic E-state index is 0.0739. The molecule has 4 heteroatoms. The summed E-state index contributed by atoms with van der Waals surface area (Å²) in [6.45, 7) is 2.92. The summed E-state index contributed by atoms with van der Waals surface area (Å²) < 4.78 is 0. The van der Waals surface area contributed by atoms with Crippen molar-refractivity contribution in [3.05, 3.63) is 21.9 Å². The van der Waals surface area contributed by atoms with Gasteiger partial charge in [-0.3, -0.25) is 4.79 Å². The molecule has 1 fully saturated rings. The molecule has 2 heterocycles. The van der Waals surface area contributed by atoms with Gasteiger partial charge in [-0.2, -0.15) is 0 Å². The molecule has 3 nitrogen and oxygen atoms in total. The Morgan fingerprint density at radius 3 is 3.05 bits per heavy atom. The Morgan fingerprint density at radius 1 is 1.40 bits per heavy atom. The van der Waals surface area contributed by atoms with Gasteiger partial charge in [0.1, 0.15) is 0 Å². The van der Waals surface area contributed by atoms with Gasteiger partial charge in [0.2, 0.25) is 5.91 Å². The largest absolute Gasteiger partial charge is 0.338 e. The van der Waals surface area contributed by atoms with E-state index in [-0.39, 0.29) is 18.0 Å². The number of nitrogens with zero attached hydrogens (tertiary/aromatic N) is 1. The molecule has 3 rings (SSSR count). The number of rotatable bonds is 2. The van der Waals surface area contributed by atoms with E-state index in [9.17, 15) is 4.79 Å². The number of carbonyl (C=O) groups is 1. The van der Waals surface area contributed by atoms with Crippen LogP contribution in [0.2, 0.25) is 0 Å². The first kappa shape index (κ1) is 14.1. The Hall–Kier alpha value is -0.870. The molecule has 1 aliphatic heterocycles. The molecule has 1 saturated heterocycles. The Kier molecular flexibility index (Phi) is 4.13. The van der Waals surface area contributed by atoms with Crippen molar-refractivity contribution >= 4 is 17.2 Å². The van der Waals surface area contributed by atoms with E-state index < -0.39 is 0 Å². The second-order valence-corrected chi connectivity index (χ2v) is 7.20. The molecule has 0 spiro atoms. The summed E-state index contributed by atoms with van der Waals surface area (Å²) in [5, 5.41) is 2.13. The third kappa shape index (κ3) is 2.51. The molecule has 1 aliphatic carbocycles. The van der Waals surface area contributed by atoms with Crippen LogP contribution < -0.4 is 5.73 Å². The van der Waals surface area contributed by atoms with E-state index in [4.69, 9.17) is 5.73 Å². The fourth-order valence-electron chi connectivity index (χ4n) is 3.72.